The Bertz CT molecular complexity index is 575. The second kappa shape index (κ2) is 4.53. The molecule has 0 atom stereocenters. The van der Waals surface area contributed by atoms with Crippen molar-refractivity contribution in [2.45, 2.75) is 13.3 Å². The lowest BCUT2D eigenvalue weighted by molar-refractivity contribution is 0.174. The molecule has 0 amide bonds. The van der Waals surface area contributed by atoms with Crippen molar-refractivity contribution in [3.63, 3.8) is 0 Å². The zero-order valence-electron chi connectivity index (χ0n) is 10.8. The lowest BCUT2D eigenvalue weighted by atomic mass is 10.1. The van der Waals surface area contributed by atoms with E-state index in [1.54, 1.807) is 0 Å². The van der Waals surface area contributed by atoms with Crippen LogP contribution in [0.5, 0.6) is 11.5 Å². The molecule has 0 saturated heterocycles. The van der Waals surface area contributed by atoms with Gasteiger partial charge in [-0.1, -0.05) is 6.92 Å². The normalized spacial score (nSPS) is 13.4. The summed E-state index contributed by atoms with van der Waals surface area (Å²) in [6.07, 6.45) is 3.22. The molecule has 2 aromatic rings. The summed E-state index contributed by atoms with van der Waals surface area (Å²) in [6, 6.07) is 4.16. The van der Waals surface area contributed by atoms with Crippen molar-refractivity contribution in [3.8, 4) is 11.5 Å². The Morgan fingerprint density at radius 1 is 1.28 bits per heavy atom. The van der Waals surface area contributed by atoms with Gasteiger partial charge >= 0.3 is 0 Å². The smallest absolute Gasteiger partial charge is 0.231 e. The summed E-state index contributed by atoms with van der Waals surface area (Å²) in [6.45, 7) is 4.47. The van der Waals surface area contributed by atoms with E-state index in [2.05, 4.69) is 42.2 Å². The van der Waals surface area contributed by atoms with E-state index >= 15 is 0 Å². The second-order valence-electron chi connectivity index (χ2n) is 4.59. The summed E-state index contributed by atoms with van der Waals surface area (Å²) in [7, 11) is 2.07. The number of benzene rings is 1. The third-order valence-electron chi connectivity index (χ3n) is 3.39. The molecule has 1 aliphatic rings. The molecule has 96 valence electrons. The Morgan fingerprint density at radius 2 is 2.06 bits per heavy atom. The van der Waals surface area contributed by atoms with Gasteiger partial charge < -0.3 is 19.4 Å². The fourth-order valence-corrected chi connectivity index (χ4v) is 2.45. The molecule has 0 spiro atoms. The maximum atomic E-state index is 5.45. The first-order chi connectivity index (χ1) is 8.79. The molecule has 0 saturated carbocycles. The fraction of sp³-hybridized carbons (Fsp3) is 0.429. The minimum Gasteiger partial charge on any atom is -0.454 e. The standard InChI is InChI=1S/C14H18N2O2/c1-3-15-5-4-10-8-16(2)12-7-14-13(6-11(10)12)17-9-18-14/h6-8,15H,3-5,9H2,1-2H3. The van der Waals surface area contributed by atoms with Crippen LogP contribution in [-0.4, -0.2) is 24.4 Å². The van der Waals surface area contributed by atoms with E-state index < -0.39 is 0 Å². The SMILES string of the molecule is CCNCCc1cn(C)c2cc3c(cc12)OCO3. The van der Waals surface area contributed by atoms with Crippen LogP contribution in [0.25, 0.3) is 10.9 Å². The van der Waals surface area contributed by atoms with E-state index in [-0.39, 0.29) is 0 Å². The van der Waals surface area contributed by atoms with E-state index in [0.29, 0.717) is 6.79 Å². The van der Waals surface area contributed by atoms with Crippen molar-refractivity contribution in [3.05, 3.63) is 23.9 Å². The molecule has 4 nitrogen and oxygen atoms in total. The van der Waals surface area contributed by atoms with Crippen LogP contribution in [0.4, 0.5) is 0 Å². The number of fused-ring (bicyclic) bond motifs is 2. The van der Waals surface area contributed by atoms with Gasteiger partial charge in [0.25, 0.3) is 0 Å². The molecule has 1 aromatic heterocycles. The molecule has 0 bridgehead atoms. The maximum Gasteiger partial charge on any atom is 0.231 e. The molecule has 1 aliphatic heterocycles. The van der Waals surface area contributed by atoms with Crippen LogP contribution < -0.4 is 14.8 Å². The Hall–Kier alpha value is -1.68. The predicted octanol–water partition coefficient (Wildman–Crippen LogP) is 2.06. The molecule has 18 heavy (non-hydrogen) atoms. The van der Waals surface area contributed by atoms with Gasteiger partial charge in [0.05, 0.1) is 5.52 Å². The number of aromatic nitrogens is 1. The molecule has 0 unspecified atom stereocenters. The van der Waals surface area contributed by atoms with Crippen molar-refractivity contribution in [2.75, 3.05) is 19.9 Å². The van der Waals surface area contributed by atoms with Gasteiger partial charge in [0, 0.05) is 24.7 Å². The number of nitrogens with zero attached hydrogens (tertiary/aromatic N) is 1. The number of ether oxygens (including phenoxy) is 2. The number of hydrogen-bond acceptors (Lipinski definition) is 3. The van der Waals surface area contributed by atoms with Crippen molar-refractivity contribution in [1.82, 2.24) is 9.88 Å². The first-order valence-electron chi connectivity index (χ1n) is 6.38. The summed E-state index contributed by atoms with van der Waals surface area (Å²) >= 11 is 0. The molecule has 2 heterocycles. The topological polar surface area (TPSA) is 35.4 Å². The lowest BCUT2D eigenvalue weighted by Crippen LogP contribution is -2.15. The largest absolute Gasteiger partial charge is 0.454 e. The minimum atomic E-state index is 0.332. The molecular formula is C14H18N2O2. The number of aryl methyl sites for hydroxylation is 1. The Labute approximate surface area is 106 Å². The number of rotatable bonds is 4. The molecule has 3 rings (SSSR count). The van der Waals surface area contributed by atoms with Crippen LogP contribution in [0.15, 0.2) is 18.3 Å². The quantitative estimate of drug-likeness (QED) is 0.839. The fourth-order valence-electron chi connectivity index (χ4n) is 2.45. The van der Waals surface area contributed by atoms with Gasteiger partial charge in [0.1, 0.15) is 0 Å². The monoisotopic (exact) mass is 246 g/mol. The van der Waals surface area contributed by atoms with Gasteiger partial charge in [-0.3, -0.25) is 0 Å². The van der Waals surface area contributed by atoms with Crippen LogP contribution >= 0.6 is 0 Å². The summed E-state index contributed by atoms with van der Waals surface area (Å²) in [4.78, 5) is 0. The van der Waals surface area contributed by atoms with Crippen molar-refractivity contribution < 1.29 is 9.47 Å². The molecule has 0 fully saturated rings. The van der Waals surface area contributed by atoms with Crippen LogP contribution in [0.1, 0.15) is 12.5 Å². The maximum absolute atomic E-state index is 5.45. The Morgan fingerprint density at radius 3 is 2.83 bits per heavy atom. The molecule has 1 aromatic carbocycles. The van der Waals surface area contributed by atoms with E-state index in [9.17, 15) is 0 Å². The summed E-state index contributed by atoms with van der Waals surface area (Å²) in [5, 5.41) is 4.62. The van der Waals surface area contributed by atoms with Crippen molar-refractivity contribution >= 4 is 10.9 Å². The van der Waals surface area contributed by atoms with Crippen LogP contribution in [0.2, 0.25) is 0 Å². The molecular weight excluding hydrogens is 228 g/mol. The summed E-state index contributed by atoms with van der Waals surface area (Å²) in [5.41, 5.74) is 2.55. The highest BCUT2D eigenvalue weighted by atomic mass is 16.7. The van der Waals surface area contributed by atoms with Crippen LogP contribution in [-0.2, 0) is 13.5 Å². The van der Waals surface area contributed by atoms with Gasteiger partial charge in [-0.25, -0.2) is 0 Å². The number of hydrogen-bond donors (Lipinski definition) is 1. The highest BCUT2D eigenvalue weighted by molar-refractivity contribution is 5.87. The predicted molar refractivity (Wildman–Crippen MR) is 71.3 cm³/mol. The summed E-state index contributed by atoms with van der Waals surface area (Å²) in [5.74, 6) is 1.71. The lowest BCUT2D eigenvalue weighted by Gasteiger charge is -2.01. The third-order valence-corrected chi connectivity index (χ3v) is 3.39. The number of likely N-dealkylation sites (N-methyl/N-ethyl adjacent to an activating group) is 1. The molecule has 0 radical (unpaired) electrons. The van der Waals surface area contributed by atoms with Gasteiger partial charge in [0.15, 0.2) is 11.5 Å². The Balaban J connectivity index is 1.99. The van der Waals surface area contributed by atoms with Crippen LogP contribution in [0.3, 0.4) is 0 Å². The first kappa shape index (κ1) is 11.4. The van der Waals surface area contributed by atoms with Gasteiger partial charge in [-0.2, -0.15) is 0 Å². The second-order valence-corrected chi connectivity index (χ2v) is 4.59. The average molecular weight is 246 g/mol. The van der Waals surface area contributed by atoms with E-state index in [0.717, 1.165) is 31.0 Å². The van der Waals surface area contributed by atoms with Crippen molar-refractivity contribution in [1.29, 1.82) is 0 Å². The van der Waals surface area contributed by atoms with Crippen molar-refractivity contribution in [2.24, 2.45) is 7.05 Å². The minimum absolute atomic E-state index is 0.332. The Kier molecular flexibility index (Phi) is 2.88. The zero-order valence-corrected chi connectivity index (χ0v) is 10.8. The third kappa shape index (κ3) is 1.82. The van der Waals surface area contributed by atoms with E-state index in [1.165, 1.54) is 16.5 Å². The van der Waals surface area contributed by atoms with Gasteiger partial charge in [-0.15, -0.1) is 0 Å². The molecule has 0 aliphatic carbocycles. The summed E-state index contributed by atoms with van der Waals surface area (Å²) < 4.78 is 13.0. The van der Waals surface area contributed by atoms with E-state index in [4.69, 9.17) is 9.47 Å². The van der Waals surface area contributed by atoms with Crippen LogP contribution in [0, 0.1) is 0 Å². The van der Waals surface area contributed by atoms with Gasteiger partial charge in [-0.05, 0) is 31.1 Å². The highest BCUT2D eigenvalue weighted by Crippen LogP contribution is 2.37. The van der Waals surface area contributed by atoms with E-state index in [1.807, 2.05) is 0 Å². The van der Waals surface area contributed by atoms with Gasteiger partial charge in [0.2, 0.25) is 6.79 Å². The highest BCUT2D eigenvalue weighted by Gasteiger charge is 2.17. The average Bonchev–Trinajstić information content (AvgIpc) is 2.93. The molecule has 1 N–H and O–H groups in total. The molecule has 4 heteroatoms. The first-order valence-corrected chi connectivity index (χ1v) is 6.38. The number of nitrogens with one attached hydrogen (secondary N) is 1. The zero-order chi connectivity index (χ0) is 12.5.